The normalized spacial score (nSPS) is 10.9. The Hall–Kier alpha value is -2.33. The summed E-state index contributed by atoms with van der Waals surface area (Å²) in [7, 11) is 1.53. The van der Waals surface area contributed by atoms with Crippen LogP contribution in [0.5, 0.6) is 5.75 Å². The minimum atomic E-state index is -0.890. The predicted octanol–water partition coefficient (Wildman–Crippen LogP) is 1.93. The van der Waals surface area contributed by atoms with Crippen molar-refractivity contribution in [2.75, 3.05) is 7.11 Å². The van der Waals surface area contributed by atoms with E-state index in [1.165, 1.54) is 7.11 Å². The first-order valence-corrected chi connectivity index (χ1v) is 4.67. The van der Waals surface area contributed by atoms with Crippen LogP contribution < -0.4 is 4.74 Å². The third-order valence-corrected chi connectivity index (χ3v) is 2.14. The van der Waals surface area contributed by atoms with E-state index >= 15 is 0 Å². The van der Waals surface area contributed by atoms with Crippen LogP contribution in [0.3, 0.4) is 0 Å². The molecule has 0 aliphatic carbocycles. The van der Waals surface area contributed by atoms with Gasteiger partial charge in [0.25, 0.3) is 0 Å². The van der Waals surface area contributed by atoms with Crippen LogP contribution in [0, 0.1) is 28.6 Å². The third-order valence-electron chi connectivity index (χ3n) is 2.14. The number of nitriles is 2. The van der Waals surface area contributed by atoms with Crippen molar-refractivity contribution in [3.63, 3.8) is 0 Å². The van der Waals surface area contributed by atoms with Crippen molar-refractivity contribution in [1.82, 2.24) is 0 Å². The van der Waals surface area contributed by atoms with Crippen LogP contribution in [0.2, 0.25) is 0 Å². The van der Waals surface area contributed by atoms with Gasteiger partial charge in [0, 0.05) is 5.56 Å². The van der Waals surface area contributed by atoms with E-state index in [2.05, 4.69) is 0 Å². The lowest BCUT2D eigenvalue weighted by atomic mass is 9.96. The molecule has 0 amide bonds. The summed E-state index contributed by atoms with van der Waals surface area (Å²) in [6.45, 7) is 0. The van der Waals surface area contributed by atoms with Crippen LogP contribution in [0.1, 0.15) is 16.8 Å². The Labute approximate surface area is 93.7 Å². The molecule has 0 saturated carbocycles. The molecule has 0 aliphatic heterocycles. The van der Waals surface area contributed by atoms with Gasteiger partial charge in [-0.05, 0) is 24.3 Å². The summed E-state index contributed by atoms with van der Waals surface area (Å²) in [5.74, 6) is -0.574. The summed E-state index contributed by atoms with van der Waals surface area (Å²) in [4.78, 5) is 11.8. The summed E-state index contributed by atoms with van der Waals surface area (Å²) in [6.07, 6.45) is -0.0820. The van der Waals surface area contributed by atoms with E-state index in [1.807, 2.05) is 12.1 Å². The van der Waals surface area contributed by atoms with E-state index in [1.54, 1.807) is 24.3 Å². The molecule has 0 aromatic heterocycles. The first kappa shape index (κ1) is 11.7. The molecule has 0 saturated heterocycles. The molecule has 1 rings (SSSR count). The highest BCUT2D eigenvalue weighted by Crippen LogP contribution is 2.16. The first-order chi connectivity index (χ1) is 7.72. The molecule has 0 fully saturated rings. The fourth-order valence-electron chi connectivity index (χ4n) is 1.24. The molecule has 1 aromatic rings. The molecule has 4 nitrogen and oxygen atoms in total. The highest BCUT2D eigenvalue weighted by molar-refractivity contribution is 5.99. The SMILES string of the molecule is COc1ccc(C(=O)C(C#N)CC#N)cc1. The van der Waals surface area contributed by atoms with Gasteiger partial charge in [0.05, 0.1) is 25.7 Å². The molecule has 0 N–H and O–H groups in total. The fourth-order valence-corrected chi connectivity index (χ4v) is 1.24. The third kappa shape index (κ3) is 2.59. The van der Waals surface area contributed by atoms with Gasteiger partial charge in [-0.1, -0.05) is 0 Å². The van der Waals surface area contributed by atoms with E-state index in [4.69, 9.17) is 15.3 Å². The smallest absolute Gasteiger partial charge is 0.181 e. The van der Waals surface area contributed by atoms with Crippen molar-refractivity contribution in [1.29, 1.82) is 10.5 Å². The number of carbonyl (C=O) groups is 1. The quantitative estimate of drug-likeness (QED) is 0.718. The van der Waals surface area contributed by atoms with Crippen molar-refractivity contribution in [2.45, 2.75) is 6.42 Å². The predicted molar refractivity (Wildman–Crippen MR) is 56.7 cm³/mol. The molecule has 0 bridgehead atoms. The maximum Gasteiger partial charge on any atom is 0.181 e. The lowest BCUT2D eigenvalue weighted by Gasteiger charge is -2.04. The number of hydrogen-bond acceptors (Lipinski definition) is 4. The number of ether oxygens (including phenoxy) is 1. The maximum atomic E-state index is 11.8. The van der Waals surface area contributed by atoms with Gasteiger partial charge in [-0.3, -0.25) is 4.79 Å². The zero-order valence-electron chi connectivity index (χ0n) is 8.80. The van der Waals surface area contributed by atoms with Crippen LogP contribution in [0.4, 0.5) is 0 Å². The number of hydrogen-bond donors (Lipinski definition) is 0. The molecule has 0 aliphatic rings. The molecule has 1 atom stereocenters. The van der Waals surface area contributed by atoms with Crippen LogP contribution >= 0.6 is 0 Å². The number of benzene rings is 1. The standard InChI is InChI=1S/C12H10N2O2/c1-16-11-4-2-9(3-5-11)12(15)10(8-14)6-7-13/h2-5,10H,6H2,1H3. The zero-order chi connectivity index (χ0) is 12.0. The van der Waals surface area contributed by atoms with Gasteiger partial charge in [-0.15, -0.1) is 0 Å². The Bertz CT molecular complexity index is 451. The van der Waals surface area contributed by atoms with E-state index in [-0.39, 0.29) is 12.2 Å². The molecular formula is C12H10N2O2. The Kier molecular flexibility index (Phi) is 4.06. The molecule has 4 heteroatoms. The van der Waals surface area contributed by atoms with Crippen molar-refractivity contribution in [2.24, 2.45) is 5.92 Å². The minimum Gasteiger partial charge on any atom is -0.497 e. The number of rotatable bonds is 4. The molecule has 1 unspecified atom stereocenters. The van der Waals surface area contributed by atoms with E-state index in [0.29, 0.717) is 11.3 Å². The monoisotopic (exact) mass is 214 g/mol. The highest BCUT2D eigenvalue weighted by Gasteiger charge is 2.19. The largest absolute Gasteiger partial charge is 0.497 e. The minimum absolute atomic E-state index is 0.0820. The van der Waals surface area contributed by atoms with Crippen LogP contribution in [-0.2, 0) is 0 Å². The summed E-state index contributed by atoms with van der Waals surface area (Å²) in [5, 5.41) is 17.2. The van der Waals surface area contributed by atoms with Gasteiger partial charge in [0.15, 0.2) is 5.78 Å². The number of nitrogens with zero attached hydrogens (tertiary/aromatic N) is 2. The van der Waals surface area contributed by atoms with Crippen LogP contribution in [0.15, 0.2) is 24.3 Å². The average Bonchev–Trinajstić information content (AvgIpc) is 2.35. The average molecular weight is 214 g/mol. The van der Waals surface area contributed by atoms with Crippen molar-refractivity contribution in [3.05, 3.63) is 29.8 Å². The molecular weight excluding hydrogens is 204 g/mol. The molecule has 0 heterocycles. The highest BCUT2D eigenvalue weighted by atomic mass is 16.5. The number of Topliss-reactive ketones (excluding diaryl/α,β-unsaturated/α-hetero) is 1. The van der Waals surface area contributed by atoms with Gasteiger partial charge < -0.3 is 4.74 Å². The van der Waals surface area contributed by atoms with Crippen molar-refractivity contribution >= 4 is 5.78 Å². The van der Waals surface area contributed by atoms with Crippen LogP contribution in [0.25, 0.3) is 0 Å². The Morgan fingerprint density at radius 3 is 2.44 bits per heavy atom. The second-order valence-corrected chi connectivity index (χ2v) is 3.14. The second-order valence-electron chi connectivity index (χ2n) is 3.14. The van der Waals surface area contributed by atoms with E-state index in [9.17, 15) is 4.79 Å². The molecule has 0 spiro atoms. The molecule has 1 aromatic carbocycles. The first-order valence-electron chi connectivity index (χ1n) is 4.67. The summed E-state index contributed by atoms with van der Waals surface area (Å²) in [6, 6.07) is 10.1. The van der Waals surface area contributed by atoms with Crippen LogP contribution in [-0.4, -0.2) is 12.9 Å². The summed E-state index contributed by atoms with van der Waals surface area (Å²) in [5.41, 5.74) is 0.419. The summed E-state index contributed by atoms with van der Waals surface area (Å²) < 4.78 is 4.95. The Morgan fingerprint density at radius 2 is 2.00 bits per heavy atom. The zero-order valence-corrected chi connectivity index (χ0v) is 8.80. The number of ketones is 1. The lowest BCUT2D eigenvalue weighted by molar-refractivity contribution is 0.0950. The van der Waals surface area contributed by atoms with Gasteiger partial charge in [0.2, 0.25) is 0 Å². The van der Waals surface area contributed by atoms with E-state index < -0.39 is 5.92 Å². The van der Waals surface area contributed by atoms with Gasteiger partial charge in [-0.2, -0.15) is 10.5 Å². The lowest BCUT2D eigenvalue weighted by Crippen LogP contribution is -2.12. The summed E-state index contributed by atoms with van der Waals surface area (Å²) >= 11 is 0. The van der Waals surface area contributed by atoms with Gasteiger partial charge in [-0.25, -0.2) is 0 Å². The molecule has 0 radical (unpaired) electrons. The maximum absolute atomic E-state index is 11.8. The van der Waals surface area contributed by atoms with Gasteiger partial charge >= 0.3 is 0 Å². The number of carbonyl (C=O) groups excluding carboxylic acids is 1. The topological polar surface area (TPSA) is 73.9 Å². The molecule has 16 heavy (non-hydrogen) atoms. The Balaban J connectivity index is 2.88. The van der Waals surface area contributed by atoms with Crippen molar-refractivity contribution < 1.29 is 9.53 Å². The van der Waals surface area contributed by atoms with Gasteiger partial charge in [0.1, 0.15) is 11.7 Å². The Morgan fingerprint density at radius 1 is 1.38 bits per heavy atom. The second kappa shape index (κ2) is 5.53. The van der Waals surface area contributed by atoms with E-state index in [0.717, 1.165) is 0 Å². The fraction of sp³-hybridized carbons (Fsp3) is 0.250. The van der Waals surface area contributed by atoms with Crippen molar-refractivity contribution in [3.8, 4) is 17.9 Å². The number of methoxy groups -OCH3 is 1. The molecule has 80 valence electrons.